The number of benzene rings is 2. The molecule has 0 atom stereocenters. The zero-order valence-corrected chi connectivity index (χ0v) is 13.8. The molecule has 0 aliphatic rings. The van der Waals surface area contributed by atoms with Gasteiger partial charge < -0.3 is 4.74 Å². The van der Waals surface area contributed by atoms with Crippen molar-refractivity contribution in [2.45, 2.75) is 4.90 Å². The van der Waals surface area contributed by atoms with Crippen LogP contribution in [0.2, 0.25) is 0 Å². The van der Waals surface area contributed by atoms with Crippen LogP contribution in [-0.2, 0) is 10.0 Å². The number of ether oxygens (including phenoxy) is 1. The second-order valence-corrected chi connectivity index (χ2v) is 6.72. The average Bonchev–Trinajstić information content (AvgIpc) is 3.13. The molecule has 2 aromatic carbocycles. The van der Waals surface area contributed by atoms with Crippen LogP contribution in [0.3, 0.4) is 0 Å². The van der Waals surface area contributed by atoms with E-state index in [0.29, 0.717) is 11.4 Å². The highest BCUT2D eigenvalue weighted by Crippen LogP contribution is 2.20. The summed E-state index contributed by atoms with van der Waals surface area (Å²) in [5, 5.41) is 12.6. The van der Waals surface area contributed by atoms with Gasteiger partial charge in [-0.3, -0.25) is 4.72 Å². The zero-order valence-electron chi connectivity index (χ0n) is 13.0. The molecule has 126 valence electrons. The number of aromatic nitrogens is 2. The molecule has 0 spiro atoms. The first-order chi connectivity index (χ1) is 12.1. The maximum Gasteiger partial charge on any atom is 0.265 e. The molecule has 3 aromatic rings. The van der Waals surface area contributed by atoms with Crippen LogP contribution in [-0.4, -0.2) is 24.8 Å². The van der Waals surface area contributed by atoms with Crippen LogP contribution in [0.15, 0.2) is 71.9 Å². The number of rotatable bonds is 6. The Morgan fingerprint density at radius 1 is 1.12 bits per heavy atom. The minimum atomic E-state index is -3.76. The lowest BCUT2D eigenvalue weighted by Crippen LogP contribution is -2.12. The number of nitrogens with zero attached hydrogens (tertiary/aromatic N) is 3. The predicted molar refractivity (Wildman–Crippen MR) is 91.9 cm³/mol. The van der Waals surface area contributed by atoms with Gasteiger partial charge in [0.15, 0.2) is 6.61 Å². The van der Waals surface area contributed by atoms with E-state index in [9.17, 15) is 8.42 Å². The zero-order chi connectivity index (χ0) is 17.7. The highest BCUT2D eigenvalue weighted by Gasteiger charge is 2.17. The van der Waals surface area contributed by atoms with E-state index in [4.69, 9.17) is 10.00 Å². The molecule has 0 amide bonds. The molecule has 0 unspecified atom stereocenters. The van der Waals surface area contributed by atoms with Crippen molar-refractivity contribution in [3.8, 4) is 17.5 Å². The summed E-state index contributed by atoms with van der Waals surface area (Å²) in [4.78, 5) is 0.0566. The van der Waals surface area contributed by atoms with Crippen molar-refractivity contribution in [2.24, 2.45) is 0 Å². The van der Waals surface area contributed by atoms with E-state index in [1.165, 1.54) is 17.1 Å². The molecular weight excluding hydrogens is 340 g/mol. The van der Waals surface area contributed by atoms with Gasteiger partial charge in [0.25, 0.3) is 10.0 Å². The summed E-state index contributed by atoms with van der Waals surface area (Å²) in [6.45, 7) is -0.0657. The van der Waals surface area contributed by atoms with Gasteiger partial charge in [-0.15, -0.1) is 0 Å². The molecule has 0 radical (unpaired) electrons. The van der Waals surface area contributed by atoms with E-state index in [1.54, 1.807) is 24.3 Å². The van der Waals surface area contributed by atoms with Crippen LogP contribution in [0, 0.1) is 11.3 Å². The third-order valence-electron chi connectivity index (χ3n) is 3.30. The molecule has 1 aromatic heterocycles. The Hall–Kier alpha value is -3.31. The van der Waals surface area contributed by atoms with Gasteiger partial charge in [0, 0.05) is 5.69 Å². The van der Waals surface area contributed by atoms with E-state index in [-0.39, 0.29) is 11.5 Å². The van der Waals surface area contributed by atoms with Gasteiger partial charge >= 0.3 is 0 Å². The Labute approximate surface area is 145 Å². The first-order valence-electron chi connectivity index (χ1n) is 7.31. The van der Waals surface area contributed by atoms with Crippen molar-refractivity contribution in [3.05, 3.63) is 67.0 Å². The van der Waals surface area contributed by atoms with Gasteiger partial charge in [0.1, 0.15) is 16.7 Å². The van der Waals surface area contributed by atoms with Crippen molar-refractivity contribution in [2.75, 3.05) is 11.3 Å². The van der Waals surface area contributed by atoms with Gasteiger partial charge in [-0.05, 0) is 36.4 Å². The van der Waals surface area contributed by atoms with Crippen LogP contribution in [0.1, 0.15) is 0 Å². The van der Waals surface area contributed by atoms with Gasteiger partial charge in [-0.2, -0.15) is 10.4 Å². The number of sulfonamides is 1. The molecular formula is C17H14N4O3S. The van der Waals surface area contributed by atoms with E-state index < -0.39 is 10.0 Å². The van der Waals surface area contributed by atoms with Crippen LogP contribution >= 0.6 is 0 Å². The maximum absolute atomic E-state index is 12.5. The van der Waals surface area contributed by atoms with E-state index in [0.717, 1.165) is 5.69 Å². The molecule has 0 bridgehead atoms. The quantitative estimate of drug-likeness (QED) is 0.734. The molecule has 8 heteroatoms. The Bertz CT molecular complexity index is 990. The smallest absolute Gasteiger partial charge is 0.265 e. The second kappa shape index (κ2) is 7.07. The highest BCUT2D eigenvalue weighted by atomic mass is 32.2. The lowest BCUT2D eigenvalue weighted by Gasteiger charge is -2.07. The van der Waals surface area contributed by atoms with Gasteiger partial charge in [0.2, 0.25) is 0 Å². The molecule has 0 aliphatic heterocycles. The van der Waals surface area contributed by atoms with Crippen LogP contribution < -0.4 is 9.46 Å². The van der Waals surface area contributed by atoms with Crippen molar-refractivity contribution in [1.29, 1.82) is 5.26 Å². The van der Waals surface area contributed by atoms with Crippen molar-refractivity contribution >= 4 is 15.7 Å². The third-order valence-corrected chi connectivity index (χ3v) is 4.64. The van der Waals surface area contributed by atoms with Gasteiger partial charge in [-0.25, -0.2) is 13.1 Å². The van der Waals surface area contributed by atoms with Crippen LogP contribution in [0.25, 0.3) is 5.69 Å². The van der Waals surface area contributed by atoms with Gasteiger partial charge in [0.05, 0.1) is 18.1 Å². The standard InChI is InChI=1S/C17H14N4O3S/c18-10-11-24-16-8-6-14(7-9-16)20-25(22,23)17-12-19-21(13-17)15-4-2-1-3-5-15/h1-9,12-13,20H,11H2. The lowest BCUT2D eigenvalue weighted by molar-refractivity contribution is 0.368. The molecule has 0 saturated carbocycles. The summed E-state index contributed by atoms with van der Waals surface area (Å²) in [5.74, 6) is 0.487. The number of nitrogens with one attached hydrogen (secondary N) is 1. The SMILES string of the molecule is N#CCOc1ccc(NS(=O)(=O)c2cnn(-c3ccccc3)c2)cc1. The molecule has 0 aliphatic carbocycles. The Morgan fingerprint density at radius 2 is 1.84 bits per heavy atom. The molecule has 0 fully saturated rings. The predicted octanol–water partition coefficient (Wildman–Crippen LogP) is 2.58. The van der Waals surface area contributed by atoms with E-state index in [1.807, 2.05) is 36.4 Å². The number of para-hydroxylation sites is 1. The minimum absolute atomic E-state index is 0.0566. The average molecular weight is 354 g/mol. The number of anilines is 1. The van der Waals surface area contributed by atoms with E-state index in [2.05, 4.69) is 9.82 Å². The Morgan fingerprint density at radius 3 is 2.52 bits per heavy atom. The highest BCUT2D eigenvalue weighted by molar-refractivity contribution is 7.92. The summed E-state index contributed by atoms with van der Waals surface area (Å²) < 4.78 is 34.0. The summed E-state index contributed by atoms with van der Waals surface area (Å²) in [6.07, 6.45) is 2.74. The Balaban J connectivity index is 1.76. The minimum Gasteiger partial charge on any atom is -0.479 e. The fraction of sp³-hybridized carbons (Fsp3) is 0.0588. The molecule has 7 nitrogen and oxygen atoms in total. The molecule has 0 saturated heterocycles. The molecule has 1 heterocycles. The molecule has 25 heavy (non-hydrogen) atoms. The number of nitriles is 1. The topological polar surface area (TPSA) is 97.0 Å². The van der Waals surface area contributed by atoms with Crippen LogP contribution in [0.4, 0.5) is 5.69 Å². The van der Waals surface area contributed by atoms with Crippen molar-refractivity contribution in [3.63, 3.8) is 0 Å². The largest absolute Gasteiger partial charge is 0.479 e. The molecule has 3 rings (SSSR count). The summed E-state index contributed by atoms with van der Waals surface area (Å²) in [7, 11) is -3.76. The monoisotopic (exact) mass is 354 g/mol. The first-order valence-corrected chi connectivity index (χ1v) is 8.79. The second-order valence-electron chi connectivity index (χ2n) is 5.03. The number of hydrogen-bond donors (Lipinski definition) is 1. The summed E-state index contributed by atoms with van der Waals surface area (Å²) in [5.41, 5.74) is 1.15. The number of hydrogen-bond acceptors (Lipinski definition) is 5. The first kappa shape index (κ1) is 16.5. The van der Waals surface area contributed by atoms with Crippen molar-refractivity contribution in [1.82, 2.24) is 9.78 Å². The normalized spacial score (nSPS) is 10.8. The third kappa shape index (κ3) is 3.97. The lowest BCUT2D eigenvalue weighted by atomic mass is 10.3. The van der Waals surface area contributed by atoms with Crippen LogP contribution in [0.5, 0.6) is 5.75 Å². The Kier molecular flexibility index (Phi) is 4.68. The summed E-state index contributed by atoms with van der Waals surface area (Å²) >= 11 is 0. The molecule has 1 N–H and O–H groups in total. The van der Waals surface area contributed by atoms with Gasteiger partial charge in [-0.1, -0.05) is 18.2 Å². The van der Waals surface area contributed by atoms with E-state index >= 15 is 0 Å². The fourth-order valence-electron chi connectivity index (χ4n) is 2.12. The van der Waals surface area contributed by atoms with Crippen molar-refractivity contribution < 1.29 is 13.2 Å². The fourth-order valence-corrected chi connectivity index (χ4v) is 3.10. The summed E-state index contributed by atoms with van der Waals surface area (Å²) in [6, 6.07) is 17.4. The maximum atomic E-state index is 12.5.